The standard InChI is InChI=1S/C12H14FNO2/c1-3-9(2)16-8-12(14-15)10-6-4-5-7-11(10)13/h3-7,9,12H,1,8H2,2H3. The summed E-state index contributed by atoms with van der Waals surface area (Å²) in [7, 11) is 0. The van der Waals surface area contributed by atoms with E-state index < -0.39 is 11.9 Å². The molecule has 2 unspecified atom stereocenters. The minimum atomic E-state index is -0.816. The van der Waals surface area contributed by atoms with Crippen LogP contribution in [0.15, 0.2) is 42.1 Å². The number of benzene rings is 1. The van der Waals surface area contributed by atoms with Gasteiger partial charge in [0.1, 0.15) is 11.9 Å². The SMILES string of the molecule is C=CC(C)OCC(N=O)c1ccccc1F. The van der Waals surface area contributed by atoms with Crippen molar-refractivity contribution in [2.75, 3.05) is 6.61 Å². The molecule has 0 radical (unpaired) electrons. The zero-order chi connectivity index (χ0) is 12.0. The van der Waals surface area contributed by atoms with Gasteiger partial charge in [-0.15, -0.1) is 6.58 Å². The van der Waals surface area contributed by atoms with E-state index in [0.29, 0.717) is 0 Å². The first-order chi connectivity index (χ1) is 7.69. The largest absolute Gasteiger partial charge is 0.372 e. The fourth-order valence-electron chi connectivity index (χ4n) is 1.23. The van der Waals surface area contributed by atoms with E-state index in [0.717, 1.165) is 0 Å². The molecule has 1 aromatic carbocycles. The predicted octanol–water partition coefficient (Wildman–Crippen LogP) is 3.22. The Kier molecular flexibility index (Phi) is 4.79. The average molecular weight is 223 g/mol. The highest BCUT2D eigenvalue weighted by Crippen LogP contribution is 2.21. The zero-order valence-electron chi connectivity index (χ0n) is 9.10. The molecule has 86 valence electrons. The molecule has 1 aromatic rings. The van der Waals surface area contributed by atoms with E-state index in [1.807, 2.05) is 0 Å². The maximum absolute atomic E-state index is 13.4. The molecular weight excluding hydrogens is 209 g/mol. The van der Waals surface area contributed by atoms with Crippen LogP contribution in [0.4, 0.5) is 4.39 Å². The van der Waals surface area contributed by atoms with Gasteiger partial charge in [0.2, 0.25) is 0 Å². The minimum Gasteiger partial charge on any atom is -0.372 e. The Bertz CT molecular complexity index is 368. The Morgan fingerprint density at radius 1 is 1.56 bits per heavy atom. The topological polar surface area (TPSA) is 38.7 Å². The lowest BCUT2D eigenvalue weighted by Crippen LogP contribution is -2.12. The molecule has 0 saturated heterocycles. The van der Waals surface area contributed by atoms with Crippen LogP contribution in [0.5, 0.6) is 0 Å². The molecule has 1 rings (SSSR count). The van der Waals surface area contributed by atoms with E-state index in [-0.39, 0.29) is 18.3 Å². The van der Waals surface area contributed by atoms with E-state index >= 15 is 0 Å². The van der Waals surface area contributed by atoms with Gasteiger partial charge in [0, 0.05) is 5.56 Å². The number of halogens is 1. The molecule has 0 aliphatic rings. The summed E-state index contributed by atoms with van der Waals surface area (Å²) < 4.78 is 18.6. The van der Waals surface area contributed by atoms with Gasteiger partial charge in [0.15, 0.2) is 0 Å². The first-order valence-electron chi connectivity index (χ1n) is 5.00. The van der Waals surface area contributed by atoms with Crippen molar-refractivity contribution in [3.63, 3.8) is 0 Å². The van der Waals surface area contributed by atoms with Gasteiger partial charge in [0.25, 0.3) is 0 Å². The van der Waals surface area contributed by atoms with E-state index in [4.69, 9.17) is 4.74 Å². The van der Waals surface area contributed by atoms with Gasteiger partial charge < -0.3 is 4.74 Å². The van der Waals surface area contributed by atoms with Crippen molar-refractivity contribution >= 4 is 0 Å². The summed E-state index contributed by atoms with van der Waals surface area (Å²) in [4.78, 5) is 10.6. The van der Waals surface area contributed by atoms with Gasteiger partial charge in [0.05, 0.1) is 12.7 Å². The second-order valence-corrected chi connectivity index (χ2v) is 3.42. The third-order valence-corrected chi connectivity index (χ3v) is 2.24. The Hall–Kier alpha value is -1.55. The molecule has 0 heterocycles. The molecule has 0 spiro atoms. The van der Waals surface area contributed by atoms with Crippen LogP contribution in [-0.2, 0) is 4.74 Å². The van der Waals surface area contributed by atoms with Crippen molar-refractivity contribution in [1.82, 2.24) is 0 Å². The number of ether oxygens (including phenoxy) is 1. The van der Waals surface area contributed by atoms with Crippen LogP contribution in [-0.4, -0.2) is 12.7 Å². The van der Waals surface area contributed by atoms with Crippen molar-refractivity contribution in [2.24, 2.45) is 5.18 Å². The molecule has 3 nitrogen and oxygen atoms in total. The number of nitroso groups, excluding NO2 is 1. The summed E-state index contributed by atoms with van der Waals surface area (Å²) >= 11 is 0. The maximum atomic E-state index is 13.4. The molecule has 0 aliphatic carbocycles. The molecule has 0 saturated carbocycles. The van der Waals surface area contributed by atoms with Crippen molar-refractivity contribution in [1.29, 1.82) is 0 Å². The van der Waals surface area contributed by atoms with Crippen molar-refractivity contribution < 1.29 is 9.13 Å². The first kappa shape index (κ1) is 12.5. The maximum Gasteiger partial charge on any atom is 0.143 e. The van der Waals surface area contributed by atoms with E-state index in [1.54, 1.807) is 25.1 Å². The van der Waals surface area contributed by atoms with Gasteiger partial charge in [-0.05, 0) is 13.0 Å². The Morgan fingerprint density at radius 2 is 2.25 bits per heavy atom. The lowest BCUT2D eigenvalue weighted by atomic mass is 10.1. The summed E-state index contributed by atoms with van der Waals surface area (Å²) in [5.41, 5.74) is 0.258. The van der Waals surface area contributed by atoms with Crippen LogP contribution < -0.4 is 0 Å². The molecule has 0 N–H and O–H groups in total. The highest BCUT2D eigenvalue weighted by Gasteiger charge is 2.16. The summed E-state index contributed by atoms with van der Waals surface area (Å²) in [6.45, 7) is 5.39. The van der Waals surface area contributed by atoms with Crippen LogP contribution in [0, 0.1) is 10.7 Å². The second kappa shape index (κ2) is 6.12. The molecule has 4 heteroatoms. The number of hydrogen-bond acceptors (Lipinski definition) is 3. The lowest BCUT2D eigenvalue weighted by Gasteiger charge is -2.13. The van der Waals surface area contributed by atoms with Crippen LogP contribution in [0.2, 0.25) is 0 Å². The fraction of sp³-hybridized carbons (Fsp3) is 0.333. The monoisotopic (exact) mass is 223 g/mol. The molecule has 0 bridgehead atoms. The Morgan fingerprint density at radius 3 is 2.81 bits per heavy atom. The second-order valence-electron chi connectivity index (χ2n) is 3.42. The van der Waals surface area contributed by atoms with Gasteiger partial charge in [-0.25, -0.2) is 4.39 Å². The highest BCUT2D eigenvalue weighted by molar-refractivity contribution is 5.21. The van der Waals surface area contributed by atoms with Crippen LogP contribution >= 0.6 is 0 Å². The zero-order valence-corrected chi connectivity index (χ0v) is 9.10. The van der Waals surface area contributed by atoms with E-state index in [2.05, 4.69) is 11.8 Å². The molecule has 2 atom stereocenters. The fourth-order valence-corrected chi connectivity index (χ4v) is 1.23. The molecule has 0 aliphatic heterocycles. The highest BCUT2D eigenvalue weighted by atomic mass is 19.1. The lowest BCUT2D eigenvalue weighted by molar-refractivity contribution is 0.0856. The number of hydrogen-bond donors (Lipinski definition) is 0. The summed E-state index contributed by atoms with van der Waals surface area (Å²) in [6, 6.07) is 5.23. The van der Waals surface area contributed by atoms with E-state index in [9.17, 15) is 9.30 Å². The molecule has 16 heavy (non-hydrogen) atoms. The Balaban J connectivity index is 2.71. The van der Waals surface area contributed by atoms with Crippen molar-refractivity contribution in [2.45, 2.75) is 19.1 Å². The normalized spacial score (nSPS) is 14.1. The quantitative estimate of drug-likeness (QED) is 0.548. The van der Waals surface area contributed by atoms with Crippen LogP contribution in [0.3, 0.4) is 0 Å². The number of nitrogens with zero attached hydrogens (tertiary/aromatic N) is 1. The molecular formula is C12H14FNO2. The van der Waals surface area contributed by atoms with Gasteiger partial charge in [-0.1, -0.05) is 29.5 Å². The number of rotatable bonds is 6. The van der Waals surface area contributed by atoms with E-state index in [1.165, 1.54) is 12.1 Å². The smallest absolute Gasteiger partial charge is 0.143 e. The average Bonchev–Trinajstić information content (AvgIpc) is 2.31. The van der Waals surface area contributed by atoms with Crippen LogP contribution in [0.1, 0.15) is 18.5 Å². The summed E-state index contributed by atoms with van der Waals surface area (Å²) in [5, 5.41) is 2.88. The van der Waals surface area contributed by atoms with Gasteiger partial charge >= 0.3 is 0 Å². The minimum absolute atomic E-state index is 0.0532. The van der Waals surface area contributed by atoms with Crippen LogP contribution in [0.25, 0.3) is 0 Å². The summed E-state index contributed by atoms with van der Waals surface area (Å²) in [6.07, 6.45) is 1.42. The Labute approximate surface area is 93.9 Å². The first-order valence-corrected chi connectivity index (χ1v) is 5.00. The molecule has 0 amide bonds. The van der Waals surface area contributed by atoms with Gasteiger partial charge in [-0.3, -0.25) is 0 Å². The molecule has 0 fully saturated rings. The van der Waals surface area contributed by atoms with Crippen molar-refractivity contribution in [3.8, 4) is 0 Å². The third kappa shape index (κ3) is 3.24. The predicted molar refractivity (Wildman–Crippen MR) is 60.5 cm³/mol. The summed E-state index contributed by atoms with van der Waals surface area (Å²) in [5.74, 6) is -0.443. The molecule has 0 aromatic heterocycles. The third-order valence-electron chi connectivity index (χ3n) is 2.24. The van der Waals surface area contributed by atoms with Gasteiger partial charge in [-0.2, -0.15) is 4.91 Å². The van der Waals surface area contributed by atoms with Crippen molar-refractivity contribution in [3.05, 3.63) is 53.2 Å².